The molecule has 2 rings (SSSR count). The van der Waals surface area contributed by atoms with Crippen LogP contribution in [0.1, 0.15) is 25.2 Å². The molecular weight excluding hydrogens is 240 g/mol. The van der Waals surface area contributed by atoms with Gasteiger partial charge in [-0.05, 0) is 12.8 Å². The third-order valence-electron chi connectivity index (χ3n) is 3.43. The van der Waals surface area contributed by atoms with Gasteiger partial charge in [-0.15, -0.1) is 5.10 Å². The van der Waals surface area contributed by atoms with Gasteiger partial charge in [0, 0.05) is 39.3 Å². The number of rotatable bonds is 6. The van der Waals surface area contributed by atoms with Crippen LogP contribution in [0.3, 0.4) is 0 Å². The minimum absolute atomic E-state index is 0.657. The second-order valence-corrected chi connectivity index (χ2v) is 4.75. The highest BCUT2D eigenvalue weighted by atomic mass is 15.3. The van der Waals surface area contributed by atoms with E-state index in [4.69, 9.17) is 0 Å². The SMILES string of the molecule is CCc1nnc(NCCN2CCNCC2)nc1CC. The Kier molecular flexibility index (Phi) is 5.47. The molecule has 1 saturated heterocycles. The maximum atomic E-state index is 4.53. The van der Waals surface area contributed by atoms with E-state index >= 15 is 0 Å². The molecule has 6 heteroatoms. The van der Waals surface area contributed by atoms with Crippen LogP contribution in [0.15, 0.2) is 0 Å². The van der Waals surface area contributed by atoms with Crippen LogP contribution in [0.25, 0.3) is 0 Å². The van der Waals surface area contributed by atoms with Crippen molar-refractivity contribution in [2.75, 3.05) is 44.6 Å². The van der Waals surface area contributed by atoms with Gasteiger partial charge in [-0.1, -0.05) is 13.8 Å². The van der Waals surface area contributed by atoms with E-state index in [0.717, 1.165) is 63.5 Å². The van der Waals surface area contributed by atoms with Crippen molar-refractivity contribution >= 4 is 5.95 Å². The average molecular weight is 264 g/mol. The standard InChI is InChI=1S/C13H24N6/c1-3-11-12(4-2)17-18-13(16-11)15-7-10-19-8-5-14-6-9-19/h14H,3-10H2,1-2H3,(H,15,16,18). The fourth-order valence-electron chi connectivity index (χ4n) is 2.27. The molecule has 0 unspecified atom stereocenters. The van der Waals surface area contributed by atoms with E-state index in [2.05, 4.69) is 44.6 Å². The van der Waals surface area contributed by atoms with Crippen molar-refractivity contribution in [3.05, 3.63) is 11.4 Å². The van der Waals surface area contributed by atoms with Crippen molar-refractivity contribution in [3.63, 3.8) is 0 Å². The molecule has 6 nitrogen and oxygen atoms in total. The average Bonchev–Trinajstić information content (AvgIpc) is 2.48. The van der Waals surface area contributed by atoms with Gasteiger partial charge in [0.25, 0.3) is 0 Å². The topological polar surface area (TPSA) is 66.0 Å². The Labute approximate surface area is 115 Å². The molecule has 1 aliphatic rings. The predicted molar refractivity (Wildman–Crippen MR) is 76.4 cm³/mol. The van der Waals surface area contributed by atoms with E-state index in [1.807, 2.05) is 0 Å². The fraction of sp³-hybridized carbons (Fsp3) is 0.769. The molecule has 0 aromatic carbocycles. The van der Waals surface area contributed by atoms with E-state index in [9.17, 15) is 0 Å². The van der Waals surface area contributed by atoms with Crippen LogP contribution < -0.4 is 10.6 Å². The molecular formula is C13H24N6. The Morgan fingerprint density at radius 2 is 1.84 bits per heavy atom. The van der Waals surface area contributed by atoms with Crippen LogP contribution in [-0.4, -0.2) is 59.3 Å². The molecule has 1 fully saturated rings. The summed E-state index contributed by atoms with van der Waals surface area (Å²) in [6.45, 7) is 10.5. The molecule has 2 N–H and O–H groups in total. The lowest BCUT2D eigenvalue weighted by molar-refractivity contribution is 0.249. The first-order valence-electron chi connectivity index (χ1n) is 7.23. The van der Waals surface area contributed by atoms with Crippen molar-refractivity contribution in [2.45, 2.75) is 26.7 Å². The maximum Gasteiger partial charge on any atom is 0.243 e. The molecule has 0 aliphatic carbocycles. The second kappa shape index (κ2) is 7.35. The zero-order chi connectivity index (χ0) is 13.5. The maximum absolute atomic E-state index is 4.53. The summed E-state index contributed by atoms with van der Waals surface area (Å²) in [4.78, 5) is 6.97. The molecule has 0 radical (unpaired) electrons. The third kappa shape index (κ3) is 4.11. The molecule has 0 amide bonds. The van der Waals surface area contributed by atoms with Crippen LogP contribution in [0.5, 0.6) is 0 Å². The van der Waals surface area contributed by atoms with Gasteiger partial charge >= 0.3 is 0 Å². The van der Waals surface area contributed by atoms with Gasteiger partial charge in [0.05, 0.1) is 11.4 Å². The zero-order valence-corrected chi connectivity index (χ0v) is 11.9. The van der Waals surface area contributed by atoms with E-state index in [0.29, 0.717) is 5.95 Å². The lowest BCUT2D eigenvalue weighted by atomic mass is 10.2. The van der Waals surface area contributed by atoms with E-state index < -0.39 is 0 Å². The number of anilines is 1. The number of hydrogen-bond donors (Lipinski definition) is 2. The molecule has 106 valence electrons. The summed E-state index contributed by atoms with van der Waals surface area (Å²) < 4.78 is 0. The van der Waals surface area contributed by atoms with Gasteiger partial charge in [-0.3, -0.25) is 4.90 Å². The van der Waals surface area contributed by atoms with E-state index in [1.54, 1.807) is 0 Å². The highest BCUT2D eigenvalue weighted by Crippen LogP contribution is 2.06. The first-order chi connectivity index (χ1) is 9.33. The summed E-state index contributed by atoms with van der Waals surface area (Å²) in [6.07, 6.45) is 1.80. The van der Waals surface area contributed by atoms with Crippen molar-refractivity contribution < 1.29 is 0 Å². The number of piperazine rings is 1. The number of hydrogen-bond acceptors (Lipinski definition) is 6. The molecule has 0 atom stereocenters. The lowest BCUT2D eigenvalue weighted by Gasteiger charge is -2.27. The van der Waals surface area contributed by atoms with Gasteiger partial charge < -0.3 is 10.6 Å². The monoisotopic (exact) mass is 264 g/mol. The molecule has 0 spiro atoms. The third-order valence-corrected chi connectivity index (χ3v) is 3.43. The highest BCUT2D eigenvalue weighted by Gasteiger charge is 2.09. The Morgan fingerprint density at radius 3 is 2.53 bits per heavy atom. The summed E-state index contributed by atoms with van der Waals surface area (Å²) >= 11 is 0. The number of aromatic nitrogens is 3. The van der Waals surface area contributed by atoms with Crippen molar-refractivity contribution in [1.29, 1.82) is 0 Å². The molecule has 1 aromatic rings. The summed E-state index contributed by atoms with van der Waals surface area (Å²) in [7, 11) is 0. The lowest BCUT2D eigenvalue weighted by Crippen LogP contribution is -2.45. The summed E-state index contributed by atoms with van der Waals surface area (Å²) in [5.74, 6) is 0.657. The van der Waals surface area contributed by atoms with Crippen molar-refractivity contribution in [1.82, 2.24) is 25.4 Å². The van der Waals surface area contributed by atoms with Crippen LogP contribution in [0.4, 0.5) is 5.95 Å². The van der Waals surface area contributed by atoms with Gasteiger partial charge in [0.15, 0.2) is 0 Å². The smallest absolute Gasteiger partial charge is 0.243 e. The number of aryl methyl sites for hydroxylation is 2. The van der Waals surface area contributed by atoms with E-state index in [1.165, 1.54) is 0 Å². The number of nitrogens with one attached hydrogen (secondary N) is 2. The quantitative estimate of drug-likeness (QED) is 0.771. The Bertz CT molecular complexity index is 389. The fourth-order valence-corrected chi connectivity index (χ4v) is 2.27. The zero-order valence-electron chi connectivity index (χ0n) is 11.9. The molecule has 0 saturated carbocycles. The predicted octanol–water partition coefficient (Wildman–Crippen LogP) is 0.314. The molecule has 1 aliphatic heterocycles. The Morgan fingerprint density at radius 1 is 1.11 bits per heavy atom. The van der Waals surface area contributed by atoms with E-state index in [-0.39, 0.29) is 0 Å². The Hall–Kier alpha value is -1.27. The second-order valence-electron chi connectivity index (χ2n) is 4.75. The Balaban J connectivity index is 1.81. The summed E-state index contributed by atoms with van der Waals surface area (Å²) in [6, 6.07) is 0. The highest BCUT2D eigenvalue weighted by molar-refractivity contribution is 5.25. The van der Waals surface area contributed by atoms with Crippen LogP contribution >= 0.6 is 0 Å². The van der Waals surface area contributed by atoms with Crippen molar-refractivity contribution in [2.24, 2.45) is 0 Å². The van der Waals surface area contributed by atoms with Gasteiger partial charge in [-0.2, -0.15) is 5.10 Å². The van der Waals surface area contributed by atoms with Gasteiger partial charge in [0.1, 0.15) is 0 Å². The van der Waals surface area contributed by atoms with Crippen LogP contribution in [-0.2, 0) is 12.8 Å². The van der Waals surface area contributed by atoms with Crippen LogP contribution in [0.2, 0.25) is 0 Å². The minimum Gasteiger partial charge on any atom is -0.352 e. The summed E-state index contributed by atoms with van der Waals surface area (Å²) in [5.41, 5.74) is 2.07. The first kappa shape index (κ1) is 14.1. The van der Waals surface area contributed by atoms with Gasteiger partial charge in [-0.25, -0.2) is 4.98 Å². The first-order valence-corrected chi connectivity index (χ1v) is 7.23. The molecule has 1 aromatic heterocycles. The molecule has 0 bridgehead atoms. The van der Waals surface area contributed by atoms with Crippen LogP contribution in [0, 0.1) is 0 Å². The van der Waals surface area contributed by atoms with Gasteiger partial charge in [0.2, 0.25) is 5.95 Å². The number of nitrogens with zero attached hydrogens (tertiary/aromatic N) is 4. The largest absolute Gasteiger partial charge is 0.352 e. The summed E-state index contributed by atoms with van der Waals surface area (Å²) in [5, 5.41) is 15.0. The normalized spacial score (nSPS) is 16.5. The molecule has 2 heterocycles. The molecule has 19 heavy (non-hydrogen) atoms. The van der Waals surface area contributed by atoms with Crippen molar-refractivity contribution in [3.8, 4) is 0 Å². The minimum atomic E-state index is 0.657.